The van der Waals surface area contributed by atoms with Gasteiger partial charge in [0.15, 0.2) is 5.11 Å². The summed E-state index contributed by atoms with van der Waals surface area (Å²) in [6.07, 6.45) is 4.03. The van der Waals surface area contributed by atoms with Crippen LogP contribution >= 0.6 is 23.8 Å². The van der Waals surface area contributed by atoms with Crippen molar-refractivity contribution in [2.75, 3.05) is 13.2 Å². The lowest BCUT2D eigenvalue weighted by atomic mass is 10.1. The van der Waals surface area contributed by atoms with Gasteiger partial charge in [-0.2, -0.15) is 10.2 Å². The number of halogens is 1. The van der Waals surface area contributed by atoms with Gasteiger partial charge in [-0.1, -0.05) is 23.7 Å². The summed E-state index contributed by atoms with van der Waals surface area (Å²) in [6.45, 7) is 7.50. The fraction of sp³-hybridized carbons (Fsp3) is 0.421. The molecule has 0 aliphatic carbocycles. The lowest BCUT2D eigenvalue weighted by Crippen LogP contribution is -2.37. The number of aromatic nitrogens is 2. The van der Waals surface area contributed by atoms with Crippen LogP contribution in [0.2, 0.25) is 5.15 Å². The minimum atomic E-state index is 0.223. The number of ether oxygens (including phenoxy) is 1. The highest BCUT2D eigenvalue weighted by molar-refractivity contribution is 7.80. The number of hydrogen-bond acceptors (Lipinski definition) is 4. The SMILES string of the molecule is Cc1ccc(C)c(-n2nc(C)c(/C=N\NC(=S)NC[C@@H]3CCCO3)c2Cl)c1. The summed E-state index contributed by atoms with van der Waals surface area (Å²) in [6, 6.07) is 6.20. The molecular weight excluding hydrogens is 382 g/mol. The van der Waals surface area contributed by atoms with E-state index in [2.05, 4.69) is 39.1 Å². The molecule has 2 aromatic rings. The fourth-order valence-electron chi connectivity index (χ4n) is 2.97. The van der Waals surface area contributed by atoms with Crippen molar-refractivity contribution in [1.29, 1.82) is 0 Å². The molecule has 8 heteroatoms. The van der Waals surface area contributed by atoms with Gasteiger partial charge in [-0.3, -0.25) is 5.43 Å². The predicted molar refractivity (Wildman–Crippen MR) is 113 cm³/mol. The van der Waals surface area contributed by atoms with Crippen LogP contribution in [0.3, 0.4) is 0 Å². The zero-order chi connectivity index (χ0) is 19.4. The standard InChI is InChI=1S/C19H24ClN5OS/c1-12-6-7-13(2)17(9-12)25-18(20)16(14(3)24-25)11-22-23-19(27)21-10-15-5-4-8-26-15/h6-7,9,11,15H,4-5,8,10H2,1-3H3,(H2,21,23,27)/b22-11-/t15-/m0/s1. The van der Waals surface area contributed by atoms with Gasteiger partial charge in [0, 0.05) is 13.2 Å². The van der Waals surface area contributed by atoms with E-state index in [1.807, 2.05) is 20.8 Å². The molecule has 0 radical (unpaired) electrons. The molecule has 0 amide bonds. The molecule has 1 atom stereocenters. The minimum Gasteiger partial charge on any atom is -0.376 e. The molecule has 3 rings (SSSR count). The quantitative estimate of drug-likeness (QED) is 0.453. The Labute approximate surface area is 169 Å². The molecule has 1 aromatic heterocycles. The molecule has 1 fully saturated rings. The van der Waals surface area contributed by atoms with E-state index in [4.69, 9.17) is 28.6 Å². The number of hydrogen-bond donors (Lipinski definition) is 2. The Balaban J connectivity index is 1.66. The van der Waals surface area contributed by atoms with E-state index in [0.717, 1.165) is 47.5 Å². The van der Waals surface area contributed by atoms with E-state index in [9.17, 15) is 0 Å². The van der Waals surface area contributed by atoms with Gasteiger partial charge in [0.05, 0.1) is 29.3 Å². The minimum absolute atomic E-state index is 0.223. The number of nitrogens with zero attached hydrogens (tertiary/aromatic N) is 3. The van der Waals surface area contributed by atoms with Crippen LogP contribution < -0.4 is 10.7 Å². The molecule has 27 heavy (non-hydrogen) atoms. The van der Waals surface area contributed by atoms with Crippen molar-refractivity contribution in [3.8, 4) is 5.69 Å². The lowest BCUT2D eigenvalue weighted by molar-refractivity contribution is 0.114. The first-order valence-corrected chi connectivity index (χ1v) is 9.75. The highest BCUT2D eigenvalue weighted by Gasteiger charge is 2.16. The van der Waals surface area contributed by atoms with Crippen LogP contribution in [-0.4, -0.2) is 40.4 Å². The van der Waals surface area contributed by atoms with Crippen molar-refractivity contribution in [2.45, 2.75) is 39.7 Å². The average molecular weight is 406 g/mol. The summed E-state index contributed by atoms with van der Waals surface area (Å²) in [5.41, 5.74) is 7.59. The van der Waals surface area contributed by atoms with Crippen molar-refractivity contribution in [3.05, 3.63) is 45.7 Å². The number of aryl methyl sites for hydroxylation is 3. The number of rotatable bonds is 5. The fourth-order valence-corrected chi connectivity index (χ4v) is 3.42. The Morgan fingerprint density at radius 2 is 2.26 bits per heavy atom. The van der Waals surface area contributed by atoms with Crippen molar-refractivity contribution in [2.24, 2.45) is 5.10 Å². The Morgan fingerprint density at radius 3 is 3.00 bits per heavy atom. The van der Waals surface area contributed by atoms with E-state index in [-0.39, 0.29) is 6.10 Å². The molecule has 1 aliphatic heterocycles. The number of thiocarbonyl (C=S) groups is 1. The van der Waals surface area contributed by atoms with Gasteiger partial charge >= 0.3 is 0 Å². The maximum absolute atomic E-state index is 6.57. The predicted octanol–water partition coefficient (Wildman–Crippen LogP) is 3.43. The van der Waals surface area contributed by atoms with Crippen molar-refractivity contribution < 1.29 is 4.74 Å². The zero-order valence-electron chi connectivity index (χ0n) is 15.8. The summed E-state index contributed by atoms with van der Waals surface area (Å²) in [7, 11) is 0. The van der Waals surface area contributed by atoms with Crippen molar-refractivity contribution in [3.63, 3.8) is 0 Å². The lowest BCUT2D eigenvalue weighted by Gasteiger charge is -2.11. The zero-order valence-corrected chi connectivity index (χ0v) is 17.3. The average Bonchev–Trinajstić information content (AvgIpc) is 3.25. The van der Waals surface area contributed by atoms with Crippen LogP contribution in [-0.2, 0) is 4.74 Å². The summed E-state index contributed by atoms with van der Waals surface area (Å²) in [5.74, 6) is 0. The molecule has 1 saturated heterocycles. The Hall–Kier alpha value is -1.96. The van der Waals surface area contributed by atoms with Crippen LogP contribution in [0.1, 0.15) is 35.2 Å². The molecule has 2 N–H and O–H groups in total. The van der Waals surface area contributed by atoms with Gasteiger partial charge in [0.25, 0.3) is 0 Å². The summed E-state index contributed by atoms with van der Waals surface area (Å²) in [4.78, 5) is 0. The van der Waals surface area contributed by atoms with E-state index in [1.165, 1.54) is 0 Å². The molecule has 6 nitrogen and oxygen atoms in total. The molecular formula is C19H24ClN5OS. The normalized spacial score (nSPS) is 16.8. The molecule has 0 spiro atoms. The van der Waals surface area contributed by atoms with E-state index >= 15 is 0 Å². The van der Waals surface area contributed by atoms with Crippen LogP contribution in [0.15, 0.2) is 23.3 Å². The Morgan fingerprint density at radius 1 is 1.44 bits per heavy atom. The van der Waals surface area contributed by atoms with E-state index < -0.39 is 0 Å². The number of hydrazone groups is 1. The van der Waals surface area contributed by atoms with Crippen LogP contribution in [0.5, 0.6) is 0 Å². The topological polar surface area (TPSA) is 63.5 Å². The monoisotopic (exact) mass is 405 g/mol. The third-order valence-corrected chi connectivity index (χ3v) is 5.11. The summed E-state index contributed by atoms with van der Waals surface area (Å²) in [5, 5.41) is 12.9. The first kappa shape index (κ1) is 19.8. The maximum atomic E-state index is 6.57. The highest BCUT2D eigenvalue weighted by atomic mass is 35.5. The Kier molecular flexibility index (Phi) is 6.46. The molecule has 2 heterocycles. The smallest absolute Gasteiger partial charge is 0.187 e. The van der Waals surface area contributed by atoms with Crippen molar-refractivity contribution in [1.82, 2.24) is 20.5 Å². The third kappa shape index (κ3) is 4.86. The third-order valence-electron chi connectivity index (χ3n) is 4.51. The summed E-state index contributed by atoms with van der Waals surface area (Å²) >= 11 is 11.8. The molecule has 0 saturated carbocycles. The molecule has 0 bridgehead atoms. The largest absolute Gasteiger partial charge is 0.376 e. The number of benzene rings is 1. The second-order valence-electron chi connectivity index (χ2n) is 6.71. The molecule has 1 aromatic carbocycles. The highest BCUT2D eigenvalue weighted by Crippen LogP contribution is 2.24. The molecule has 144 valence electrons. The Bertz CT molecular complexity index is 858. The van der Waals surface area contributed by atoms with E-state index in [0.29, 0.717) is 16.8 Å². The molecule has 1 aliphatic rings. The van der Waals surface area contributed by atoms with Gasteiger partial charge in [-0.15, -0.1) is 0 Å². The van der Waals surface area contributed by atoms with Gasteiger partial charge < -0.3 is 10.1 Å². The van der Waals surface area contributed by atoms with Crippen molar-refractivity contribution >= 4 is 35.1 Å². The first-order valence-electron chi connectivity index (χ1n) is 8.97. The van der Waals surface area contributed by atoms with Gasteiger partial charge in [-0.05, 0) is 63.0 Å². The number of nitrogens with one attached hydrogen (secondary N) is 2. The van der Waals surface area contributed by atoms with Crippen LogP contribution in [0.4, 0.5) is 0 Å². The second kappa shape index (κ2) is 8.82. The van der Waals surface area contributed by atoms with Gasteiger partial charge in [0.1, 0.15) is 5.15 Å². The van der Waals surface area contributed by atoms with Crippen LogP contribution in [0.25, 0.3) is 5.69 Å². The van der Waals surface area contributed by atoms with E-state index in [1.54, 1.807) is 10.9 Å². The molecule has 0 unspecified atom stereocenters. The second-order valence-corrected chi connectivity index (χ2v) is 7.47. The maximum Gasteiger partial charge on any atom is 0.187 e. The van der Waals surface area contributed by atoms with Gasteiger partial charge in [-0.25, -0.2) is 4.68 Å². The van der Waals surface area contributed by atoms with Gasteiger partial charge in [0.2, 0.25) is 0 Å². The first-order chi connectivity index (χ1) is 13.0. The van der Waals surface area contributed by atoms with Crippen LogP contribution in [0, 0.1) is 20.8 Å². The summed E-state index contributed by atoms with van der Waals surface area (Å²) < 4.78 is 7.30.